The number of nitrogens with zero attached hydrogens (tertiary/aromatic N) is 1. The summed E-state index contributed by atoms with van der Waals surface area (Å²) in [5.74, 6) is 0.149. The number of para-hydroxylation sites is 1. The van der Waals surface area contributed by atoms with Crippen molar-refractivity contribution in [3.05, 3.63) is 125 Å². The van der Waals surface area contributed by atoms with E-state index in [9.17, 15) is 14.7 Å². The monoisotopic (exact) mass is 669 g/mol. The molecule has 5 aromatic rings. The zero-order valence-corrected chi connectivity index (χ0v) is 27.3. The topological polar surface area (TPSA) is 119 Å². The first-order valence-electron chi connectivity index (χ1n) is 15.3. The zero-order chi connectivity index (χ0) is 32.6. The number of rotatable bonds is 11. The number of fused-ring (bicyclic) bond motifs is 1. The van der Waals surface area contributed by atoms with E-state index in [0.717, 1.165) is 36.8 Å². The number of benzene rings is 4. The molecule has 47 heavy (non-hydrogen) atoms. The number of ether oxygens (including phenoxy) is 3. The summed E-state index contributed by atoms with van der Waals surface area (Å²) in [4.78, 5) is 30.2. The Morgan fingerprint density at radius 3 is 2.51 bits per heavy atom. The standard InChI is InChI=1S/C36H35N3O6S2/c1-43-33(41)30(18-23-8-3-2-4-9-23)38-35(42)37-27-11-7-10-26(19-27)34-44-28(20-31(45-34)25-16-14-24(21-40)15-17-25)22-46-36-39-29-12-5-6-13-32(29)47-36/h2-17,19,28,30-31,34,40H,18,20-22H2,1H3,(H2,37,38,42). The van der Waals surface area contributed by atoms with Gasteiger partial charge in [0.15, 0.2) is 10.6 Å². The number of carbonyl (C=O) groups excluding carboxylic acids is 2. The molecular formula is C36H35N3O6S2. The number of thiazole rings is 1. The van der Waals surface area contributed by atoms with Crippen molar-refractivity contribution in [1.29, 1.82) is 0 Å². The first kappa shape index (κ1) is 32.7. The van der Waals surface area contributed by atoms with Crippen LogP contribution >= 0.6 is 23.1 Å². The fourth-order valence-electron chi connectivity index (χ4n) is 5.37. The maximum atomic E-state index is 13.0. The first-order valence-corrected chi connectivity index (χ1v) is 17.1. The number of amides is 2. The van der Waals surface area contributed by atoms with Crippen molar-refractivity contribution in [3.8, 4) is 0 Å². The maximum absolute atomic E-state index is 13.0. The average molecular weight is 670 g/mol. The number of hydrogen-bond donors (Lipinski definition) is 3. The van der Waals surface area contributed by atoms with Crippen molar-refractivity contribution in [1.82, 2.24) is 10.3 Å². The molecule has 4 unspecified atom stereocenters. The van der Waals surface area contributed by atoms with Crippen LogP contribution in [-0.4, -0.2) is 47.1 Å². The summed E-state index contributed by atoms with van der Waals surface area (Å²) in [5.41, 5.74) is 4.96. The van der Waals surface area contributed by atoms with Crippen molar-refractivity contribution in [2.75, 3.05) is 18.2 Å². The van der Waals surface area contributed by atoms with Crippen LogP contribution in [0.25, 0.3) is 10.2 Å². The third-order valence-electron chi connectivity index (χ3n) is 7.77. The van der Waals surface area contributed by atoms with E-state index >= 15 is 0 Å². The molecule has 1 saturated heterocycles. The Morgan fingerprint density at radius 1 is 0.957 bits per heavy atom. The van der Waals surface area contributed by atoms with Gasteiger partial charge in [0.2, 0.25) is 0 Å². The number of aliphatic hydroxyl groups is 1. The lowest BCUT2D eigenvalue weighted by Gasteiger charge is -2.36. The van der Waals surface area contributed by atoms with Crippen LogP contribution in [0.4, 0.5) is 10.5 Å². The van der Waals surface area contributed by atoms with E-state index in [2.05, 4.69) is 16.7 Å². The minimum Gasteiger partial charge on any atom is -0.467 e. The predicted molar refractivity (Wildman–Crippen MR) is 183 cm³/mol. The van der Waals surface area contributed by atoms with Gasteiger partial charge in [0.25, 0.3) is 0 Å². The molecule has 11 heteroatoms. The average Bonchev–Trinajstić information content (AvgIpc) is 3.54. The molecule has 4 atom stereocenters. The van der Waals surface area contributed by atoms with Gasteiger partial charge in [-0.1, -0.05) is 90.6 Å². The predicted octanol–water partition coefficient (Wildman–Crippen LogP) is 7.03. The van der Waals surface area contributed by atoms with E-state index in [0.29, 0.717) is 24.3 Å². The lowest BCUT2D eigenvalue weighted by Crippen LogP contribution is -2.45. The Kier molecular flexibility index (Phi) is 10.8. The van der Waals surface area contributed by atoms with E-state index in [1.54, 1.807) is 29.2 Å². The molecule has 3 N–H and O–H groups in total. The third kappa shape index (κ3) is 8.56. The molecule has 1 fully saturated rings. The molecule has 2 amide bonds. The summed E-state index contributed by atoms with van der Waals surface area (Å²) in [6.07, 6.45) is -0.156. The molecule has 1 aliphatic rings. The van der Waals surface area contributed by atoms with Gasteiger partial charge in [0, 0.05) is 29.8 Å². The van der Waals surface area contributed by atoms with Gasteiger partial charge in [-0.25, -0.2) is 14.6 Å². The van der Waals surface area contributed by atoms with Crippen LogP contribution in [0.3, 0.4) is 0 Å². The Hall–Kier alpha value is -4.26. The Balaban J connectivity index is 1.16. The smallest absolute Gasteiger partial charge is 0.328 e. The minimum absolute atomic E-state index is 0.0288. The molecule has 6 rings (SSSR count). The van der Waals surface area contributed by atoms with Crippen LogP contribution in [-0.2, 0) is 32.0 Å². The summed E-state index contributed by atoms with van der Waals surface area (Å²) in [6, 6.07) is 31.2. The van der Waals surface area contributed by atoms with Crippen LogP contribution in [0.15, 0.2) is 107 Å². The number of methoxy groups -OCH3 is 1. The molecule has 9 nitrogen and oxygen atoms in total. The van der Waals surface area contributed by atoms with Gasteiger partial charge in [-0.15, -0.1) is 11.3 Å². The van der Waals surface area contributed by atoms with Crippen molar-refractivity contribution in [2.24, 2.45) is 0 Å². The minimum atomic E-state index is -0.859. The number of hydrogen-bond acceptors (Lipinski definition) is 9. The number of nitrogens with one attached hydrogen (secondary N) is 2. The summed E-state index contributed by atoms with van der Waals surface area (Å²) in [6.45, 7) is -0.0288. The molecule has 2 heterocycles. The second kappa shape index (κ2) is 15.6. The molecule has 242 valence electrons. The number of anilines is 1. The van der Waals surface area contributed by atoms with Gasteiger partial charge < -0.3 is 30.0 Å². The lowest BCUT2D eigenvalue weighted by molar-refractivity contribution is -0.245. The van der Waals surface area contributed by atoms with E-state index in [1.807, 2.05) is 91.0 Å². The fourth-order valence-corrected chi connectivity index (χ4v) is 7.49. The highest BCUT2D eigenvalue weighted by Crippen LogP contribution is 2.40. The number of carbonyl (C=O) groups is 2. The molecule has 1 aromatic heterocycles. The van der Waals surface area contributed by atoms with Gasteiger partial charge in [-0.05, 0) is 41.0 Å². The Bertz CT molecular complexity index is 1770. The SMILES string of the molecule is COC(=O)C(Cc1ccccc1)NC(=O)Nc1cccc(C2OC(CSc3nc4ccccc4s3)CC(c3ccc(CO)cc3)O2)c1. The zero-order valence-electron chi connectivity index (χ0n) is 25.7. The highest BCUT2D eigenvalue weighted by molar-refractivity contribution is 8.01. The molecule has 0 spiro atoms. The van der Waals surface area contributed by atoms with Crippen LogP contribution < -0.4 is 10.6 Å². The largest absolute Gasteiger partial charge is 0.467 e. The van der Waals surface area contributed by atoms with Crippen molar-refractivity contribution in [3.63, 3.8) is 0 Å². The van der Waals surface area contributed by atoms with Crippen molar-refractivity contribution in [2.45, 2.75) is 48.3 Å². The molecule has 0 saturated carbocycles. The van der Waals surface area contributed by atoms with E-state index in [1.165, 1.54) is 7.11 Å². The van der Waals surface area contributed by atoms with Crippen LogP contribution in [0, 0.1) is 0 Å². The van der Waals surface area contributed by atoms with E-state index in [4.69, 9.17) is 19.2 Å². The fraction of sp³-hybridized carbons (Fsp3) is 0.250. The van der Waals surface area contributed by atoms with Gasteiger partial charge in [0.05, 0.1) is 36.1 Å². The molecule has 0 bridgehead atoms. The Morgan fingerprint density at radius 2 is 1.74 bits per heavy atom. The van der Waals surface area contributed by atoms with Gasteiger partial charge >= 0.3 is 12.0 Å². The number of aromatic nitrogens is 1. The first-order chi connectivity index (χ1) is 23.0. The second-order valence-electron chi connectivity index (χ2n) is 11.1. The van der Waals surface area contributed by atoms with Crippen molar-refractivity contribution < 1.29 is 28.9 Å². The van der Waals surface area contributed by atoms with E-state index in [-0.39, 0.29) is 18.8 Å². The van der Waals surface area contributed by atoms with Gasteiger partial charge in [-0.3, -0.25) is 0 Å². The lowest BCUT2D eigenvalue weighted by atomic mass is 10.0. The molecular weight excluding hydrogens is 635 g/mol. The van der Waals surface area contributed by atoms with Crippen LogP contribution in [0.5, 0.6) is 0 Å². The number of thioether (sulfide) groups is 1. The van der Waals surface area contributed by atoms with E-state index < -0.39 is 24.3 Å². The normalized spacial score (nSPS) is 18.4. The molecule has 0 radical (unpaired) electrons. The molecule has 4 aromatic carbocycles. The van der Waals surface area contributed by atoms with Crippen molar-refractivity contribution >= 4 is 51.0 Å². The summed E-state index contributed by atoms with van der Waals surface area (Å²) >= 11 is 3.33. The number of esters is 1. The molecule has 1 aliphatic heterocycles. The summed E-state index contributed by atoms with van der Waals surface area (Å²) in [5, 5.41) is 15.1. The molecule has 0 aliphatic carbocycles. The van der Waals surface area contributed by atoms with Crippen LogP contribution in [0.1, 0.15) is 41.1 Å². The van der Waals surface area contributed by atoms with Crippen LogP contribution in [0.2, 0.25) is 0 Å². The quantitative estimate of drug-likeness (QED) is 0.101. The second-order valence-corrected chi connectivity index (χ2v) is 13.4. The van der Waals surface area contributed by atoms with Gasteiger partial charge in [0.1, 0.15) is 6.04 Å². The number of urea groups is 1. The maximum Gasteiger partial charge on any atom is 0.328 e. The summed E-state index contributed by atoms with van der Waals surface area (Å²) in [7, 11) is 1.30. The highest BCUT2D eigenvalue weighted by atomic mass is 32.2. The highest BCUT2D eigenvalue weighted by Gasteiger charge is 2.33. The number of aliphatic hydroxyl groups excluding tert-OH is 1. The Labute approximate surface area is 281 Å². The summed E-state index contributed by atoms with van der Waals surface area (Å²) < 4.78 is 20.1. The van der Waals surface area contributed by atoms with Gasteiger partial charge in [-0.2, -0.15) is 0 Å². The third-order valence-corrected chi connectivity index (χ3v) is 10.1.